The molecule has 0 spiro atoms. The summed E-state index contributed by atoms with van der Waals surface area (Å²) in [5.74, 6) is 0.514. The van der Waals surface area contributed by atoms with Crippen molar-refractivity contribution in [3.63, 3.8) is 0 Å². The zero-order chi connectivity index (χ0) is 20.6. The number of likely N-dealkylation sites (tertiary alicyclic amines) is 1. The Balaban J connectivity index is 1.56. The van der Waals surface area contributed by atoms with E-state index in [4.69, 9.17) is 4.74 Å². The van der Waals surface area contributed by atoms with Gasteiger partial charge >= 0.3 is 0 Å². The van der Waals surface area contributed by atoms with Crippen LogP contribution in [0.15, 0.2) is 48.5 Å². The van der Waals surface area contributed by atoms with Gasteiger partial charge < -0.3 is 10.1 Å². The summed E-state index contributed by atoms with van der Waals surface area (Å²) >= 11 is 0. The molecule has 3 rings (SSSR count). The zero-order valence-electron chi connectivity index (χ0n) is 17.3. The molecule has 29 heavy (non-hydrogen) atoms. The Hall–Kier alpha value is -2.66. The van der Waals surface area contributed by atoms with Gasteiger partial charge in [0.1, 0.15) is 5.75 Å². The zero-order valence-corrected chi connectivity index (χ0v) is 17.3. The second-order valence-electron chi connectivity index (χ2n) is 7.57. The average Bonchev–Trinajstić information content (AvgIpc) is 3.28. The van der Waals surface area contributed by atoms with Gasteiger partial charge in [0.25, 0.3) is 0 Å². The maximum Gasteiger partial charge on any atom is 0.220 e. The van der Waals surface area contributed by atoms with E-state index in [1.54, 1.807) is 31.4 Å². The van der Waals surface area contributed by atoms with Gasteiger partial charge in [-0.3, -0.25) is 14.5 Å². The summed E-state index contributed by atoms with van der Waals surface area (Å²) < 4.78 is 5.16. The fourth-order valence-electron chi connectivity index (χ4n) is 3.92. The van der Waals surface area contributed by atoms with Gasteiger partial charge in [-0.15, -0.1) is 0 Å². The molecule has 1 fully saturated rings. The normalized spacial score (nSPS) is 15.1. The summed E-state index contributed by atoms with van der Waals surface area (Å²) in [7, 11) is 1.57. The Kier molecular flexibility index (Phi) is 7.42. The van der Waals surface area contributed by atoms with Crippen LogP contribution in [-0.2, 0) is 4.79 Å². The third kappa shape index (κ3) is 5.67. The van der Waals surface area contributed by atoms with E-state index in [0.29, 0.717) is 17.9 Å². The molecule has 1 amide bonds. The Morgan fingerprint density at radius 2 is 1.83 bits per heavy atom. The highest BCUT2D eigenvalue weighted by molar-refractivity contribution is 5.98. The minimum absolute atomic E-state index is 0.0472. The fraction of sp³-hybridized carbons (Fsp3) is 0.417. The molecule has 2 aromatic rings. The molecule has 1 aliphatic heterocycles. The van der Waals surface area contributed by atoms with Crippen molar-refractivity contribution in [2.45, 2.75) is 38.6 Å². The van der Waals surface area contributed by atoms with Crippen LogP contribution < -0.4 is 10.1 Å². The van der Waals surface area contributed by atoms with Gasteiger partial charge in [-0.25, -0.2) is 0 Å². The summed E-state index contributed by atoms with van der Waals surface area (Å²) in [5, 5.41) is 3.06. The van der Waals surface area contributed by atoms with Crippen LogP contribution in [0.4, 0.5) is 0 Å². The molecule has 1 atom stereocenters. The lowest BCUT2D eigenvalue weighted by molar-refractivity contribution is -0.121. The number of carbonyl (C=O) groups excluding carboxylic acids is 2. The predicted octanol–water partition coefficient (Wildman–Crippen LogP) is 3.92. The van der Waals surface area contributed by atoms with Gasteiger partial charge in [-0.05, 0) is 56.1 Å². The first kappa shape index (κ1) is 21.1. The van der Waals surface area contributed by atoms with Crippen molar-refractivity contribution in [1.82, 2.24) is 10.2 Å². The highest BCUT2D eigenvalue weighted by Crippen LogP contribution is 2.27. The lowest BCUT2D eigenvalue weighted by Gasteiger charge is -2.29. The van der Waals surface area contributed by atoms with Gasteiger partial charge in [0.2, 0.25) is 5.91 Å². The van der Waals surface area contributed by atoms with E-state index in [1.165, 1.54) is 24.0 Å². The first-order valence-corrected chi connectivity index (χ1v) is 10.3. The molecule has 1 aliphatic rings. The van der Waals surface area contributed by atoms with E-state index in [9.17, 15) is 9.59 Å². The molecule has 0 radical (unpaired) electrons. The maximum absolute atomic E-state index is 12.4. The van der Waals surface area contributed by atoms with Crippen LogP contribution in [0.2, 0.25) is 0 Å². The number of hydrogen-bond donors (Lipinski definition) is 1. The van der Waals surface area contributed by atoms with E-state index >= 15 is 0 Å². The minimum atomic E-state index is -0.0842. The average molecular weight is 395 g/mol. The summed E-state index contributed by atoms with van der Waals surface area (Å²) in [5.41, 5.74) is 3.08. The Morgan fingerprint density at radius 3 is 2.55 bits per heavy atom. The van der Waals surface area contributed by atoms with Crippen molar-refractivity contribution in [2.24, 2.45) is 0 Å². The summed E-state index contributed by atoms with van der Waals surface area (Å²) in [6.45, 7) is 4.80. The van der Waals surface area contributed by atoms with E-state index in [-0.39, 0.29) is 30.6 Å². The number of Topliss-reactive ketones (excluding diaryl/α,β-unsaturated/α-hetero) is 1. The Labute approximate surface area is 173 Å². The number of aryl methyl sites for hydroxylation is 1. The highest BCUT2D eigenvalue weighted by Gasteiger charge is 2.25. The third-order valence-corrected chi connectivity index (χ3v) is 5.59. The van der Waals surface area contributed by atoms with Gasteiger partial charge in [0.15, 0.2) is 5.78 Å². The molecule has 0 aliphatic carbocycles. The van der Waals surface area contributed by atoms with Crippen LogP contribution in [0.1, 0.15) is 53.2 Å². The SMILES string of the molecule is COc1cccc(C(=O)CCC(=O)NCC(c2ccccc2C)N2CCCC2)c1. The van der Waals surface area contributed by atoms with Crippen molar-refractivity contribution in [2.75, 3.05) is 26.7 Å². The summed E-state index contributed by atoms with van der Waals surface area (Å²) in [6, 6.07) is 15.6. The molecule has 5 heteroatoms. The monoisotopic (exact) mass is 394 g/mol. The van der Waals surface area contributed by atoms with Crippen LogP contribution >= 0.6 is 0 Å². The third-order valence-electron chi connectivity index (χ3n) is 5.59. The maximum atomic E-state index is 12.4. The minimum Gasteiger partial charge on any atom is -0.497 e. The first-order valence-electron chi connectivity index (χ1n) is 10.3. The lowest BCUT2D eigenvalue weighted by Crippen LogP contribution is -2.37. The van der Waals surface area contributed by atoms with Crippen molar-refractivity contribution in [3.05, 3.63) is 65.2 Å². The molecule has 0 bridgehead atoms. The first-order chi connectivity index (χ1) is 14.1. The molecule has 1 unspecified atom stereocenters. The molecule has 1 saturated heterocycles. The quantitative estimate of drug-likeness (QED) is 0.655. The van der Waals surface area contributed by atoms with Crippen LogP contribution in [0, 0.1) is 6.92 Å². The van der Waals surface area contributed by atoms with Crippen LogP contribution in [0.5, 0.6) is 5.75 Å². The van der Waals surface area contributed by atoms with Crippen molar-refractivity contribution in [1.29, 1.82) is 0 Å². The molecule has 154 valence electrons. The second-order valence-corrected chi connectivity index (χ2v) is 7.57. The molecular formula is C24H30N2O3. The molecule has 0 aromatic heterocycles. The number of nitrogens with zero attached hydrogens (tertiary/aromatic N) is 1. The number of ether oxygens (including phenoxy) is 1. The van der Waals surface area contributed by atoms with Crippen molar-refractivity contribution >= 4 is 11.7 Å². The standard InChI is InChI=1S/C24H30N2O3/c1-18-8-3-4-11-21(18)22(26-14-5-6-15-26)17-25-24(28)13-12-23(27)19-9-7-10-20(16-19)29-2/h3-4,7-11,16,22H,5-6,12-15,17H2,1-2H3,(H,25,28). The Morgan fingerprint density at radius 1 is 1.07 bits per heavy atom. The number of benzene rings is 2. The summed E-state index contributed by atoms with van der Waals surface area (Å²) in [6.07, 6.45) is 2.78. The summed E-state index contributed by atoms with van der Waals surface area (Å²) in [4.78, 5) is 27.3. The highest BCUT2D eigenvalue weighted by atomic mass is 16.5. The second kappa shape index (κ2) is 10.2. The number of ketones is 1. The van der Waals surface area contributed by atoms with Crippen LogP contribution in [0.25, 0.3) is 0 Å². The Bertz CT molecular complexity index is 844. The van der Waals surface area contributed by atoms with Gasteiger partial charge in [-0.2, -0.15) is 0 Å². The molecular weight excluding hydrogens is 364 g/mol. The van der Waals surface area contributed by atoms with Crippen LogP contribution in [0.3, 0.4) is 0 Å². The van der Waals surface area contributed by atoms with Crippen LogP contribution in [-0.4, -0.2) is 43.3 Å². The van der Waals surface area contributed by atoms with Gasteiger partial charge in [0, 0.05) is 24.9 Å². The molecule has 1 N–H and O–H groups in total. The number of rotatable bonds is 9. The van der Waals surface area contributed by atoms with Crippen molar-refractivity contribution < 1.29 is 14.3 Å². The fourth-order valence-corrected chi connectivity index (χ4v) is 3.92. The number of methoxy groups -OCH3 is 1. The molecule has 1 heterocycles. The topological polar surface area (TPSA) is 58.6 Å². The number of hydrogen-bond acceptors (Lipinski definition) is 4. The molecule has 2 aromatic carbocycles. The van der Waals surface area contributed by atoms with Crippen molar-refractivity contribution in [3.8, 4) is 5.75 Å². The number of nitrogens with one attached hydrogen (secondary N) is 1. The molecule has 5 nitrogen and oxygen atoms in total. The predicted molar refractivity (Wildman–Crippen MR) is 114 cm³/mol. The van der Waals surface area contributed by atoms with E-state index < -0.39 is 0 Å². The number of carbonyl (C=O) groups is 2. The van der Waals surface area contributed by atoms with E-state index in [1.807, 2.05) is 6.07 Å². The number of amides is 1. The van der Waals surface area contributed by atoms with Gasteiger partial charge in [-0.1, -0.05) is 36.4 Å². The lowest BCUT2D eigenvalue weighted by atomic mass is 10.00. The largest absolute Gasteiger partial charge is 0.497 e. The van der Waals surface area contributed by atoms with Gasteiger partial charge in [0.05, 0.1) is 13.2 Å². The smallest absolute Gasteiger partial charge is 0.220 e. The molecule has 0 saturated carbocycles. The van der Waals surface area contributed by atoms with E-state index in [0.717, 1.165) is 13.1 Å². The van der Waals surface area contributed by atoms with E-state index in [2.05, 4.69) is 35.3 Å².